The molecule has 4 rings (SSSR count). The van der Waals surface area contributed by atoms with E-state index in [1.807, 2.05) is 11.0 Å². The highest BCUT2D eigenvalue weighted by Gasteiger charge is 2.47. The van der Waals surface area contributed by atoms with E-state index in [-0.39, 0.29) is 41.7 Å². The van der Waals surface area contributed by atoms with Crippen LogP contribution in [0.5, 0.6) is 0 Å². The molecule has 2 saturated heterocycles. The Balaban J connectivity index is 1.73. The average molecular weight is 379 g/mol. The normalized spacial score (nSPS) is 25.4. The fraction of sp³-hybridized carbons (Fsp3) is 0.632. The minimum atomic E-state index is -3.16. The van der Waals surface area contributed by atoms with Crippen molar-refractivity contribution in [2.45, 2.75) is 44.5 Å². The number of fused-ring (bicyclic) bond motifs is 1. The lowest BCUT2D eigenvalue weighted by atomic mass is 9.94. The van der Waals surface area contributed by atoms with E-state index in [0.717, 1.165) is 0 Å². The summed E-state index contributed by atoms with van der Waals surface area (Å²) in [5, 5.41) is 9.69. The van der Waals surface area contributed by atoms with E-state index in [2.05, 4.69) is 9.72 Å². The molecule has 1 aromatic heterocycles. The van der Waals surface area contributed by atoms with Crippen LogP contribution in [0.15, 0.2) is 0 Å². The smallest absolute Gasteiger partial charge is 0.305 e. The van der Waals surface area contributed by atoms with Crippen molar-refractivity contribution in [3.63, 3.8) is 0 Å². The number of rotatable bonds is 4. The lowest BCUT2D eigenvalue weighted by Crippen LogP contribution is -2.50. The number of hydrogen-bond donors (Lipinski definition) is 0. The average Bonchev–Trinajstić information content (AvgIpc) is 2.90. The van der Waals surface area contributed by atoms with Gasteiger partial charge in [0.2, 0.25) is 0 Å². The first-order chi connectivity index (χ1) is 14.1. The minimum absolute atomic E-state index is 0.0246. The van der Waals surface area contributed by atoms with Gasteiger partial charge in [-0.15, -0.1) is 0 Å². The first kappa shape index (κ1) is 14.6. The lowest BCUT2D eigenvalue weighted by molar-refractivity contribution is -0.141. The number of aromatic nitrogens is 1. The number of nitriles is 1. The number of anilines is 2. The van der Waals surface area contributed by atoms with E-state index in [1.165, 1.54) is 12.0 Å². The third kappa shape index (κ3) is 2.80. The third-order valence-corrected chi connectivity index (χ3v) is 5.66. The maximum atomic E-state index is 14.8. The summed E-state index contributed by atoms with van der Waals surface area (Å²) in [6.45, 7) is -1.02. The summed E-state index contributed by atoms with van der Waals surface area (Å²) >= 11 is 0. The Morgan fingerprint density at radius 3 is 2.85 bits per heavy atom. The van der Waals surface area contributed by atoms with E-state index in [9.17, 15) is 18.8 Å². The summed E-state index contributed by atoms with van der Waals surface area (Å²) in [6.07, 6.45) is 0.316. The number of halogens is 2. The number of hydrogen-bond acceptors (Lipinski definition) is 6. The third-order valence-electron chi connectivity index (χ3n) is 5.66. The SMILES string of the molecule is [2H]C([2H])([2H])C1CCN1c1nc(N2CC(CC(=O)OC)C2)c2c(c1C#N)C(F)(F)CC2. The molecule has 27 heavy (non-hydrogen) atoms. The van der Waals surface area contributed by atoms with Crippen LogP contribution in [0, 0.1) is 17.2 Å². The van der Waals surface area contributed by atoms with Gasteiger partial charge in [-0.3, -0.25) is 4.79 Å². The van der Waals surface area contributed by atoms with Crippen LogP contribution in [0.3, 0.4) is 0 Å². The van der Waals surface area contributed by atoms with E-state index in [4.69, 9.17) is 4.11 Å². The van der Waals surface area contributed by atoms with Gasteiger partial charge < -0.3 is 14.5 Å². The molecule has 0 amide bonds. The predicted octanol–water partition coefficient (Wildman–Crippen LogP) is 2.59. The van der Waals surface area contributed by atoms with Crippen LogP contribution in [0.25, 0.3) is 0 Å². The summed E-state index contributed by atoms with van der Waals surface area (Å²) in [4.78, 5) is 19.3. The zero-order valence-corrected chi connectivity index (χ0v) is 15.0. The van der Waals surface area contributed by atoms with Crippen LogP contribution in [0.1, 0.15) is 46.9 Å². The number of carbonyl (C=O) groups excluding carboxylic acids is 1. The summed E-state index contributed by atoms with van der Waals surface area (Å²) in [7, 11) is 1.32. The Hall–Kier alpha value is -2.43. The van der Waals surface area contributed by atoms with Crippen molar-refractivity contribution >= 4 is 17.6 Å². The quantitative estimate of drug-likeness (QED) is 0.749. The second kappa shape index (κ2) is 6.32. The molecule has 1 unspecified atom stereocenters. The molecule has 6 nitrogen and oxygen atoms in total. The number of carbonyl (C=O) groups is 1. The molecule has 0 saturated carbocycles. The molecular formula is C19H22F2N4O2. The molecule has 1 aromatic rings. The Morgan fingerprint density at radius 2 is 2.26 bits per heavy atom. The van der Waals surface area contributed by atoms with E-state index in [0.29, 0.717) is 37.4 Å². The number of nitrogens with zero attached hydrogens (tertiary/aromatic N) is 4. The molecule has 0 N–H and O–H groups in total. The van der Waals surface area contributed by atoms with Crippen molar-refractivity contribution in [1.82, 2.24) is 4.98 Å². The molecule has 144 valence electrons. The van der Waals surface area contributed by atoms with E-state index in [1.54, 1.807) is 0 Å². The van der Waals surface area contributed by atoms with Gasteiger partial charge in [0.1, 0.15) is 23.3 Å². The van der Waals surface area contributed by atoms with Gasteiger partial charge >= 0.3 is 5.97 Å². The van der Waals surface area contributed by atoms with Gasteiger partial charge in [-0.25, -0.2) is 13.8 Å². The maximum absolute atomic E-state index is 14.8. The molecule has 2 fully saturated rings. The van der Waals surface area contributed by atoms with Crippen LogP contribution < -0.4 is 9.80 Å². The van der Waals surface area contributed by atoms with Gasteiger partial charge in [0.25, 0.3) is 5.92 Å². The first-order valence-electron chi connectivity index (χ1n) is 10.5. The van der Waals surface area contributed by atoms with Crippen LogP contribution in [-0.4, -0.2) is 43.7 Å². The Morgan fingerprint density at radius 1 is 1.48 bits per heavy atom. The van der Waals surface area contributed by atoms with Crippen LogP contribution in [-0.2, 0) is 21.9 Å². The zero-order valence-electron chi connectivity index (χ0n) is 18.0. The van der Waals surface area contributed by atoms with Gasteiger partial charge in [-0.1, -0.05) is 0 Å². The highest BCUT2D eigenvalue weighted by atomic mass is 19.3. The highest BCUT2D eigenvalue weighted by Crippen LogP contribution is 2.49. The lowest BCUT2D eigenvalue weighted by Gasteiger charge is -2.43. The molecular weight excluding hydrogens is 354 g/mol. The van der Waals surface area contributed by atoms with Crippen molar-refractivity contribution in [2.75, 3.05) is 36.5 Å². The summed E-state index contributed by atoms with van der Waals surface area (Å²) in [5.41, 5.74) is -0.197. The first-order valence-corrected chi connectivity index (χ1v) is 9.00. The fourth-order valence-corrected chi connectivity index (χ4v) is 4.05. The monoisotopic (exact) mass is 379 g/mol. The molecule has 0 bridgehead atoms. The van der Waals surface area contributed by atoms with E-state index < -0.39 is 25.2 Å². The Bertz CT molecular complexity index is 926. The number of ether oxygens (including phenoxy) is 1. The molecule has 0 spiro atoms. The molecule has 0 radical (unpaired) electrons. The Labute approximate surface area is 160 Å². The number of alkyl halides is 2. The largest absolute Gasteiger partial charge is 0.469 e. The molecule has 0 aromatic carbocycles. The van der Waals surface area contributed by atoms with Crippen LogP contribution >= 0.6 is 0 Å². The summed E-state index contributed by atoms with van der Waals surface area (Å²) in [5.74, 6) is -3.06. The summed E-state index contributed by atoms with van der Waals surface area (Å²) < 4.78 is 57.3. The van der Waals surface area contributed by atoms with Gasteiger partial charge in [0, 0.05) is 53.3 Å². The Kier molecular flexibility index (Phi) is 3.42. The number of esters is 1. The second-order valence-corrected chi connectivity index (χ2v) is 7.35. The van der Waals surface area contributed by atoms with Crippen LogP contribution in [0.4, 0.5) is 20.4 Å². The topological polar surface area (TPSA) is 69.5 Å². The van der Waals surface area contributed by atoms with Crippen molar-refractivity contribution in [3.05, 3.63) is 16.7 Å². The van der Waals surface area contributed by atoms with Crippen LogP contribution in [0.2, 0.25) is 0 Å². The molecule has 1 atom stereocenters. The zero-order chi connectivity index (χ0) is 21.8. The number of methoxy groups -OCH3 is 1. The molecule has 8 heteroatoms. The number of pyridine rings is 1. The molecule has 1 aliphatic carbocycles. The van der Waals surface area contributed by atoms with Gasteiger partial charge in [0.15, 0.2) is 0 Å². The predicted molar refractivity (Wildman–Crippen MR) is 94.9 cm³/mol. The maximum Gasteiger partial charge on any atom is 0.305 e. The fourth-order valence-electron chi connectivity index (χ4n) is 4.05. The minimum Gasteiger partial charge on any atom is -0.469 e. The second-order valence-electron chi connectivity index (χ2n) is 7.35. The van der Waals surface area contributed by atoms with Gasteiger partial charge in [-0.05, 0) is 19.7 Å². The standard InChI is InChI=1S/C19H22F2N4O2/c1-11-4-6-25(11)18-14(8-22)16-13(3-5-19(16,20)21)17(23-18)24-9-12(10-24)7-15(26)27-2/h11-12H,3-7,9-10H2,1-2H3/i1D3. The van der Waals surface area contributed by atoms with Crippen molar-refractivity contribution in [2.24, 2.45) is 5.92 Å². The van der Waals surface area contributed by atoms with Crippen molar-refractivity contribution in [3.8, 4) is 6.07 Å². The molecule has 3 aliphatic rings. The molecule has 3 heterocycles. The van der Waals surface area contributed by atoms with Gasteiger partial charge in [0.05, 0.1) is 13.5 Å². The van der Waals surface area contributed by atoms with E-state index >= 15 is 0 Å². The van der Waals surface area contributed by atoms with Crippen molar-refractivity contribution < 1.29 is 22.4 Å². The molecule has 2 aliphatic heterocycles. The highest BCUT2D eigenvalue weighted by molar-refractivity contribution is 5.72. The van der Waals surface area contributed by atoms with Crippen molar-refractivity contribution in [1.29, 1.82) is 5.26 Å². The summed E-state index contributed by atoms with van der Waals surface area (Å²) in [6, 6.07) is 1.02. The van der Waals surface area contributed by atoms with Gasteiger partial charge in [-0.2, -0.15) is 5.26 Å².